The van der Waals surface area contributed by atoms with Crippen molar-refractivity contribution < 1.29 is 4.79 Å². The molecule has 1 atom stereocenters. The van der Waals surface area contributed by atoms with Crippen LogP contribution in [0.25, 0.3) is 0 Å². The predicted molar refractivity (Wildman–Crippen MR) is 64.9 cm³/mol. The fourth-order valence-electron chi connectivity index (χ4n) is 1.31. The van der Waals surface area contributed by atoms with E-state index in [9.17, 15) is 4.79 Å². The fraction of sp³-hybridized carbons (Fsp3) is 0.455. The minimum Gasteiger partial charge on any atom is -0.292 e. The summed E-state index contributed by atoms with van der Waals surface area (Å²) < 4.78 is 0.923. The average molecular weight is 286 g/mol. The standard InChI is InChI=1S/C11H12BrNOS/c1-7(2)5-8(6-13)11(14)9-3-4-10(12)15-9/h3-4,7-8H,5H2,1-2H3. The molecular formula is C11H12BrNOS. The number of hydrogen-bond donors (Lipinski definition) is 0. The predicted octanol–water partition coefficient (Wildman–Crippen LogP) is 3.88. The van der Waals surface area contributed by atoms with Crippen molar-refractivity contribution in [1.29, 1.82) is 5.26 Å². The first-order chi connectivity index (χ1) is 7.04. The Morgan fingerprint density at radius 3 is 2.67 bits per heavy atom. The second kappa shape index (κ2) is 5.43. The molecule has 0 aliphatic heterocycles. The van der Waals surface area contributed by atoms with Crippen LogP contribution in [-0.4, -0.2) is 5.78 Å². The molecule has 80 valence electrons. The van der Waals surface area contributed by atoms with E-state index in [-0.39, 0.29) is 5.78 Å². The summed E-state index contributed by atoms with van der Waals surface area (Å²) in [6.07, 6.45) is 0.630. The molecule has 0 spiro atoms. The van der Waals surface area contributed by atoms with Crippen LogP contribution in [0.4, 0.5) is 0 Å². The number of nitrogens with zero attached hydrogens (tertiary/aromatic N) is 1. The summed E-state index contributed by atoms with van der Waals surface area (Å²) in [5.74, 6) is -0.195. The van der Waals surface area contributed by atoms with Gasteiger partial charge in [0, 0.05) is 0 Å². The van der Waals surface area contributed by atoms with Crippen molar-refractivity contribution in [2.24, 2.45) is 11.8 Å². The van der Waals surface area contributed by atoms with E-state index in [4.69, 9.17) is 5.26 Å². The van der Waals surface area contributed by atoms with Crippen molar-refractivity contribution in [1.82, 2.24) is 0 Å². The van der Waals surface area contributed by atoms with Crippen LogP contribution in [0.15, 0.2) is 15.9 Å². The van der Waals surface area contributed by atoms with Crippen molar-refractivity contribution in [2.45, 2.75) is 20.3 Å². The molecular weight excluding hydrogens is 274 g/mol. The third-order valence-electron chi connectivity index (χ3n) is 2.00. The lowest BCUT2D eigenvalue weighted by Gasteiger charge is -2.08. The van der Waals surface area contributed by atoms with Gasteiger partial charge in [0.2, 0.25) is 0 Å². The monoisotopic (exact) mass is 285 g/mol. The van der Waals surface area contributed by atoms with Crippen LogP contribution in [0.1, 0.15) is 29.9 Å². The number of ketones is 1. The van der Waals surface area contributed by atoms with E-state index < -0.39 is 5.92 Å². The Hall–Kier alpha value is -0.660. The summed E-state index contributed by atoms with van der Waals surface area (Å²) in [5.41, 5.74) is 0. The molecule has 1 heterocycles. The number of carbonyl (C=O) groups is 1. The van der Waals surface area contributed by atoms with Crippen LogP contribution < -0.4 is 0 Å². The summed E-state index contributed by atoms with van der Waals surface area (Å²) in [6, 6.07) is 5.68. The van der Waals surface area contributed by atoms with Gasteiger partial charge in [0.15, 0.2) is 5.78 Å². The van der Waals surface area contributed by atoms with E-state index in [2.05, 4.69) is 22.0 Å². The Morgan fingerprint density at radius 1 is 1.60 bits per heavy atom. The smallest absolute Gasteiger partial charge is 0.189 e. The third-order valence-corrected chi connectivity index (χ3v) is 3.63. The highest BCUT2D eigenvalue weighted by Gasteiger charge is 2.21. The molecule has 0 aliphatic rings. The maximum Gasteiger partial charge on any atom is 0.189 e. The van der Waals surface area contributed by atoms with Crippen LogP contribution in [0.5, 0.6) is 0 Å². The van der Waals surface area contributed by atoms with Gasteiger partial charge in [-0.25, -0.2) is 0 Å². The summed E-state index contributed by atoms with van der Waals surface area (Å²) >= 11 is 4.69. The molecule has 1 aromatic heterocycles. The van der Waals surface area contributed by atoms with E-state index in [1.165, 1.54) is 11.3 Å². The van der Waals surface area contributed by atoms with Gasteiger partial charge in [0.1, 0.15) is 5.92 Å². The zero-order valence-corrected chi connectivity index (χ0v) is 11.1. The zero-order chi connectivity index (χ0) is 11.4. The highest BCUT2D eigenvalue weighted by molar-refractivity contribution is 9.11. The van der Waals surface area contributed by atoms with Crippen molar-refractivity contribution >= 4 is 33.0 Å². The van der Waals surface area contributed by atoms with E-state index in [1.54, 1.807) is 6.07 Å². The fourth-order valence-corrected chi connectivity index (χ4v) is 2.69. The number of Topliss-reactive ketones (excluding diaryl/α,β-unsaturated/α-hetero) is 1. The maximum absolute atomic E-state index is 11.9. The first kappa shape index (κ1) is 12.4. The lowest BCUT2D eigenvalue weighted by molar-refractivity contribution is 0.0941. The molecule has 1 unspecified atom stereocenters. The molecule has 0 saturated carbocycles. The summed E-state index contributed by atoms with van der Waals surface area (Å²) in [7, 11) is 0. The molecule has 0 aliphatic carbocycles. The topological polar surface area (TPSA) is 40.9 Å². The molecule has 2 nitrogen and oxygen atoms in total. The van der Waals surface area contributed by atoms with Crippen molar-refractivity contribution in [3.8, 4) is 6.07 Å². The second-order valence-electron chi connectivity index (χ2n) is 3.78. The first-order valence-corrected chi connectivity index (χ1v) is 6.34. The highest BCUT2D eigenvalue weighted by atomic mass is 79.9. The number of halogens is 1. The molecule has 0 saturated heterocycles. The summed E-state index contributed by atoms with van der Waals surface area (Å²) in [6.45, 7) is 4.03. The van der Waals surface area contributed by atoms with Crippen molar-refractivity contribution in [3.05, 3.63) is 20.8 Å². The van der Waals surface area contributed by atoms with E-state index in [1.807, 2.05) is 19.9 Å². The average Bonchev–Trinajstić information content (AvgIpc) is 2.60. The third kappa shape index (κ3) is 3.44. The van der Waals surface area contributed by atoms with Gasteiger partial charge in [-0.3, -0.25) is 4.79 Å². The van der Waals surface area contributed by atoms with Crippen LogP contribution in [-0.2, 0) is 0 Å². The molecule has 4 heteroatoms. The zero-order valence-electron chi connectivity index (χ0n) is 8.66. The van der Waals surface area contributed by atoms with Crippen LogP contribution >= 0.6 is 27.3 Å². The Kier molecular flexibility index (Phi) is 4.49. The van der Waals surface area contributed by atoms with Gasteiger partial charge in [0.25, 0.3) is 0 Å². The maximum atomic E-state index is 11.9. The molecule has 15 heavy (non-hydrogen) atoms. The Balaban J connectivity index is 2.79. The minimum atomic E-state index is -0.504. The van der Waals surface area contributed by atoms with Gasteiger partial charge in [-0.2, -0.15) is 5.26 Å². The molecule has 0 bridgehead atoms. The van der Waals surface area contributed by atoms with Gasteiger partial charge in [-0.15, -0.1) is 11.3 Å². The quantitative estimate of drug-likeness (QED) is 0.788. The molecule has 0 aromatic carbocycles. The van der Waals surface area contributed by atoms with Gasteiger partial charge in [0.05, 0.1) is 14.7 Å². The number of thiophene rings is 1. The number of rotatable bonds is 4. The number of carbonyl (C=O) groups excluding carboxylic acids is 1. The Bertz CT molecular complexity index is 392. The number of hydrogen-bond acceptors (Lipinski definition) is 3. The second-order valence-corrected chi connectivity index (χ2v) is 6.24. The number of nitriles is 1. The summed E-state index contributed by atoms with van der Waals surface area (Å²) in [4.78, 5) is 12.6. The van der Waals surface area contributed by atoms with Crippen LogP contribution in [0.2, 0.25) is 0 Å². The molecule has 1 aromatic rings. The SMILES string of the molecule is CC(C)CC(C#N)C(=O)c1ccc(Br)s1. The van der Waals surface area contributed by atoms with Gasteiger partial charge in [-0.05, 0) is 40.4 Å². The molecule has 0 N–H and O–H groups in total. The van der Waals surface area contributed by atoms with Gasteiger partial charge >= 0.3 is 0 Å². The summed E-state index contributed by atoms with van der Waals surface area (Å²) in [5, 5.41) is 8.94. The van der Waals surface area contributed by atoms with Crippen molar-refractivity contribution in [2.75, 3.05) is 0 Å². The van der Waals surface area contributed by atoms with E-state index in [0.29, 0.717) is 17.2 Å². The molecule has 0 fully saturated rings. The highest BCUT2D eigenvalue weighted by Crippen LogP contribution is 2.26. The minimum absolute atomic E-state index is 0.0538. The van der Waals surface area contributed by atoms with Gasteiger partial charge in [-0.1, -0.05) is 13.8 Å². The lowest BCUT2D eigenvalue weighted by atomic mass is 9.94. The van der Waals surface area contributed by atoms with Crippen molar-refractivity contribution in [3.63, 3.8) is 0 Å². The van der Waals surface area contributed by atoms with E-state index in [0.717, 1.165) is 3.79 Å². The van der Waals surface area contributed by atoms with E-state index >= 15 is 0 Å². The van der Waals surface area contributed by atoms with Gasteiger partial charge < -0.3 is 0 Å². The Morgan fingerprint density at radius 2 is 2.27 bits per heavy atom. The first-order valence-electron chi connectivity index (χ1n) is 4.73. The largest absolute Gasteiger partial charge is 0.292 e. The molecule has 0 amide bonds. The van der Waals surface area contributed by atoms with Crippen LogP contribution in [0, 0.1) is 23.2 Å². The molecule has 1 rings (SSSR count). The molecule has 0 radical (unpaired) electrons. The van der Waals surface area contributed by atoms with Crippen LogP contribution in [0.3, 0.4) is 0 Å². The Labute approximate surface area is 102 Å². The normalized spacial score (nSPS) is 12.5. The lowest BCUT2D eigenvalue weighted by Crippen LogP contribution is -2.13.